The first-order valence-electron chi connectivity index (χ1n) is 6.40. The molecule has 2 bridgehead atoms. The van der Waals surface area contributed by atoms with E-state index in [9.17, 15) is 0 Å². The fourth-order valence-electron chi connectivity index (χ4n) is 3.21. The van der Waals surface area contributed by atoms with E-state index < -0.39 is 0 Å². The Kier molecular flexibility index (Phi) is 2.61. The molecular weight excluding hydrogens is 228 g/mol. The fraction of sp³-hybridized carbons (Fsp3) is 0.538. The van der Waals surface area contributed by atoms with Crippen molar-refractivity contribution in [1.82, 2.24) is 4.98 Å². The summed E-state index contributed by atoms with van der Waals surface area (Å²) in [4.78, 5) is 6.96. The zero-order chi connectivity index (χ0) is 12.7. The van der Waals surface area contributed by atoms with Gasteiger partial charge < -0.3 is 15.8 Å². The summed E-state index contributed by atoms with van der Waals surface area (Å²) in [6.07, 6.45) is 3.90. The van der Waals surface area contributed by atoms with Gasteiger partial charge in [-0.15, -0.1) is 0 Å². The highest BCUT2D eigenvalue weighted by molar-refractivity contribution is 5.97. The van der Waals surface area contributed by atoms with Gasteiger partial charge in [-0.3, -0.25) is 0 Å². The summed E-state index contributed by atoms with van der Waals surface area (Å²) in [5.74, 6) is 1.93. The average molecular weight is 246 g/mol. The van der Waals surface area contributed by atoms with E-state index in [4.69, 9.17) is 10.9 Å². The first-order chi connectivity index (χ1) is 8.67. The van der Waals surface area contributed by atoms with E-state index in [-0.39, 0.29) is 5.84 Å². The van der Waals surface area contributed by atoms with Crippen molar-refractivity contribution < 1.29 is 5.21 Å². The van der Waals surface area contributed by atoms with Gasteiger partial charge in [-0.1, -0.05) is 5.16 Å². The highest BCUT2D eigenvalue weighted by Crippen LogP contribution is 2.39. The van der Waals surface area contributed by atoms with Crippen molar-refractivity contribution in [2.75, 3.05) is 11.4 Å². The first kappa shape index (κ1) is 11.3. The number of amidine groups is 1. The van der Waals surface area contributed by atoms with Crippen LogP contribution < -0.4 is 10.6 Å². The van der Waals surface area contributed by atoms with Crippen molar-refractivity contribution in [2.24, 2.45) is 16.8 Å². The smallest absolute Gasteiger partial charge is 0.170 e. The Labute approximate surface area is 106 Å². The molecule has 1 saturated heterocycles. The molecule has 2 fully saturated rings. The van der Waals surface area contributed by atoms with Gasteiger partial charge in [-0.05, 0) is 44.2 Å². The van der Waals surface area contributed by atoms with Crippen LogP contribution in [0.5, 0.6) is 0 Å². The normalized spacial score (nSPS) is 26.9. The van der Waals surface area contributed by atoms with Gasteiger partial charge in [0.1, 0.15) is 5.82 Å². The minimum atomic E-state index is 0.145. The molecule has 96 valence electrons. The van der Waals surface area contributed by atoms with Crippen LogP contribution in [0.25, 0.3) is 0 Å². The molecule has 2 aliphatic rings. The monoisotopic (exact) mass is 246 g/mol. The molecule has 1 aliphatic heterocycles. The quantitative estimate of drug-likeness (QED) is 0.359. The third kappa shape index (κ3) is 1.79. The van der Waals surface area contributed by atoms with E-state index >= 15 is 0 Å². The van der Waals surface area contributed by atoms with Crippen molar-refractivity contribution in [2.45, 2.75) is 32.2 Å². The number of nitrogens with two attached hydrogens (primary N) is 1. The minimum absolute atomic E-state index is 0.145. The fourth-order valence-corrected chi connectivity index (χ4v) is 3.21. The van der Waals surface area contributed by atoms with Gasteiger partial charge in [-0.2, -0.15) is 0 Å². The van der Waals surface area contributed by atoms with Crippen molar-refractivity contribution in [1.29, 1.82) is 0 Å². The Morgan fingerprint density at radius 3 is 2.94 bits per heavy atom. The van der Waals surface area contributed by atoms with E-state index in [2.05, 4.69) is 15.0 Å². The maximum absolute atomic E-state index is 8.77. The SMILES string of the molecule is Cc1cc(/C(N)=N/O)cc(N2CC3CCC2C3)n1. The number of pyridine rings is 1. The average Bonchev–Trinajstić information content (AvgIpc) is 2.99. The molecule has 3 N–H and O–H groups in total. The Morgan fingerprint density at radius 2 is 2.33 bits per heavy atom. The highest BCUT2D eigenvalue weighted by Gasteiger charge is 2.38. The van der Waals surface area contributed by atoms with Gasteiger partial charge in [0, 0.05) is 23.8 Å². The second-order valence-electron chi connectivity index (χ2n) is 5.33. The Bertz CT molecular complexity index is 500. The predicted molar refractivity (Wildman–Crippen MR) is 70.0 cm³/mol. The lowest BCUT2D eigenvalue weighted by molar-refractivity contribution is 0.318. The van der Waals surface area contributed by atoms with Crippen LogP contribution in [0.1, 0.15) is 30.5 Å². The molecule has 2 unspecified atom stereocenters. The highest BCUT2D eigenvalue weighted by atomic mass is 16.4. The van der Waals surface area contributed by atoms with Crippen molar-refractivity contribution in [3.8, 4) is 0 Å². The molecule has 18 heavy (non-hydrogen) atoms. The van der Waals surface area contributed by atoms with E-state index in [1.54, 1.807) is 0 Å². The number of rotatable bonds is 2. The largest absolute Gasteiger partial charge is 0.409 e. The molecule has 5 heteroatoms. The van der Waals surface area contributed by atoms with E-state index in [0.29, 0.717) is 6.04 Å². The van der Waals surface area contributed by atoms with Crippen molar-refractivity contribution >= 4 is 11.7 Å². The molecule has 1 aliphatic carbocycles. The van der Waals surface area contributed by atoms with Crippen LogP contribution in [0.3, 0.4) is 0 Å². The number of aryl methyl sites for hydroxylation is 1. The number of piperidine rings is 1. The summed E-state index contributed by atoms with van der Waals surface area (Å²) in [6.45, 7) is 3.03. The van der Waals surface area contributed by atoms with Crippen LogP contribution >= 0.6 is 0 Å². The molecule has 3 rings (SSSR count). The number of hydrogen-bond acceptors (Lipinski definition) is 4. The third-order valence-electron chi connectivity index (χ3n) is 4.05. The van der Waals surface area contributed by atoms with Crippen LogP contribution in [-0.4, -0.2) is 28.6 Å². The second kappa shape index (κ2) is 4.15. The third-order valence-corrected chi connectivity index (χ3v) is 4.05. The lowest BCUT2D eigenvalue weighted by Gasteiger charge is -2.28. The summed E-state index contributed by atoms with van der Waals surface area (Å²) in [5, 5.41) is 11.8. The Balaban J connectivity index is 1.95. The topological polar surface area (TPSA) is 74.7 Å². The van der Waals surface area contributed by atoms with Gasteiger partial charge in [-0.25, -0.2) is 4.98 Å². The maximum Gasteiger partial charge on any atom is 0.170 e. The summed E-state index contributed by atoms with van der Waals surface area (Å²) < 4.78 is 0. The van der Waals surface area contributed by atoms with E-state index in [0.717, 1.165) is 29.5 Å². The number of aromatic nitrogens is 1. The molecule has 0 aromatic carbocycles. The van der Waals surface area contributed by atoms with Crippen LogP contribution in [0, 0.1) is 12.8 Å². The Hall–Kier alpha value is -1.78. The zero-order valence-electron chi connectivity index (χ0n) is 10.5. The summed E-state index contributed by atoms with van der Waals surface area (Å²) in [5.41, 5.74) is 7.30. The minimum Gasteiger partial charge on any atom is -0.409 e. The molecule has 1 aromatic heterocycles. The maximum atomic E-state index is 8.77. The molecular formula is C13H18N4O. The summed E-state index contributed by atoms with van der Waals surface area (Å²) >= 11 is 0. The van der Waals surface area contributed by atoms with Gasteiger partial charge in [0.2, 0.25) is 0 Å². The van der Waals surface area contributed by atoms with Crippen LogP contribution in [0.15, 0.2) is 17.3 Å². The molecule has 0 radical (unpaired) electrons. The standard InChI is InChI=1S/C13H18N4O/c1-8-4-10(13(14)16-18)6-12(15-8)17-7-9-2-3-11(17)5-9/h4,6,9,11,18H,2-3,5,7H2,1H3,(H2,14,16). The van der Waals surface area contributed by atoms with Crippen LogP contribution in [0.2, 0.25) is 0 Å². The predicted octanol–water partition coefficient (Wildman–Crippen LogP) is 1.47. The first-order valence-corrected chi connectivity index (χ1v) is 6.40. The number of hydrogen-bond donors (Lipinski definition) is 2. The van der Waals surface area contributed by atoms with Gasteiger partial charge >= 0.3 is 0 Å². The molecule has 2 atom stereocenters. The van der Waals surface area contributed by atoms with Crippen molar-refractivity contribution in [3.05, 3.63) is 23.4 Å². The number of anilines is 1. The van der Waals surface area contributed by atoms with E-state index in [1.165, 1.54) is 19.3 Å². The van der Waals surface area contributed by atoms with Crippen molar-refractivity contribution in [3.63, 3.8) is 0 Å². The molecule has 2 heterocycles. The zero-order valence-corrected chi connectivity index (χ0v) is 10.5. The van der Waals surface area contributed by atoms with E-state index in [1.807, 2.05) is 19.1 Å². The van der Waals surface area contributed by atoms with Crippen LogP contribution in [-0.2, 0) is 0 Å². The summed E-state index contributed by atoms with van der Waals surface area (Å²) in [7, 11) is 0. The molecule has 5 nitrogen and oxygen atoms in total. The molecule has 0 spiro atoms. The molecule has 0 amide bonds. The lowest BCUT2D eigenvalue weighted by Crippen LogP contribution is -2.33. The summed E-state index contributed by atoms with van der Waals surface area (Å²) in [6, 6.07) is 4.39. The lowest BCUT2D eigenvalue weighted by atomic mass is 10.1. The molecule has 1 saturated carbocycles. The number of fused-ring (bicyclic) bond motifs is 2. The van der Waals surface area contributed by atoms with Crippen LogP contribution in [0.4, 0.5) is 5.82 Å². The van der Waals surface area contributed by atoms with Gasteiger partial charge in [0.15, 0.2) is 5.84 Å². The Morgan fingerprint density at radius 1 is 1.50 bits per heavy atom. The number of nitrogens with zero attached hydrogens (tertiary/aromatic N) is 3. The van der Waals surface area contributed by atoms with Gasteiger partial charge in [0.25, 0.3) is 0 Å². The van der Waals surface area contributed by atoms with Gasteiger partial charge in [0.05, 0.1) is 0 Å². The second-order valence-corrected chi connectivity index (χ2v) is 5.33. The number of oxime groups is 1. The molecule has 1 aromatic rings.